The molecule has 0 saturated carbocycles. The lowest BCUT2D eigenvalue weighted by atomic mass is 10.1. The van der Waals surface area contributed by atoms with Crippen LogP contribution in [0.15, 0.2) is 23.4 Å². The summed E-state index contributed by atoms with van der Waals surface area (Å²) in [5, 5.41) is 11.4. The first-order chi connectivity index (χ1) is 5.04. The van der Waals surface area contributed by atoms with Crippen LogP contribution < -0.4 is 11.1 Å². The van der Waals surface area contributed by atoms with Gasteiger partial charge in [0.2, 0.25) is 5.66 Å². The van der Waals surface area contributed by atoms with Gasteiger partial charge in [-0.1, -0.05) is 11.6 Å². The lowest BCUT2D eigenvalue weighted by molar-refractivity contribution is -0.142. The molecular weight excluding hydrogens is 168 g/mol. The topological polar surface area (TPSA) is 75.4 Å². The minimum Gasteiger partial charge on any atom is -0.478 e. The molecule has 1 aliphatic heterocycles. The highest BCUT2D eigenvalue weighted by atomic mass is 35.5. The molecule has 0 aromatic rings. The van der Waals surface area contributed by atoms with E-state index in [1.165, 1.54) is 18.4 Å². The predicted molar refractivity (Wildman–Crippen MR) is 40.8 cm³/mol. The van der Waals surface area contributed by atoms with Crippen molar-refractivity contribution >= 4 is 17.6 Å². The second-order valence-electron chi connectivity index (χ2n) is 2.18. The Hall–Kier alpha value is -1.00. The highest BCUT2D eigenvalue weighted by Crippen LogP contribution is 2.13. The van der Waals surface area contributed by atoms with E-state index in [4.69, 9.17) is 22.4 Å². The number of rotatable bonds is 1. The third-order valence-corrected chi connectivity index (χ3v) is 1.52. The summed E-state index contributed by atoms with van der Waals surface area (Å²) in [4.78, 5) is 10.5. The van der Waals surface area contributed by atoms with Gasteiger partial charge < -0.3 is 10.4 Å². The first-order valence-electron chi connectivity index (χ1n) is 2.89. The molecule has 0 aromatic heterocycles. The lowest BCUT2D eigenvalue weighted by Crippen LogP contribution is -2.57. The fraction of sp³-hybridized carbons (Fsp3) is 0.167. The molecule has 4 nitrogen and oxygen atoms in total. The predicted octanol–water partition coefficient (Wildman–Crippen LogP) is -0.0344. The van der Waals surface area contributed by atoms with E-state index < -0.39 is 11.6 Å². The molecule has 60 valence electrons. The molecule has 1 atom stereocenters. The van der Waals surface area contributed by atoms with Gasteiger partial charge in [-0.2, -0.15) is 0 Å². The molecule has 5 heteroatoms. The first kappa shape index (κ1) is 8.10. The molecule has 11 heavy (non-hydrogen) atoms. The van der Waals surface area contributed by atoms with Crippen molar-refractivity contribution in [1.29, 1.82) is 0 Å². The Morgan fingerprint density at radius 3 is 2.82 bits per heavy atom. The van der Waals surface area contributed by atoms with Crippen LogP contribution in [0.4, 0.5) is 0 Å². The van der Waals surface area contributed by atoms with Crippen molar-refractivity contribution in [3.05, 3.63) is 23.4 Å². The third-order valence-electron chi connectivity index (χ3n) is 1.28. The van der Waals surface area contributed by atoms with Gasteiger partial charge >= 0.3 is 5.97 Å². The van der Waals surface area contributed by atoms with Crippen LogP contribution in [-0.4, -0.2) is 16.7 Å². The van der Waals surface area contributed by atoms with Crippen molar-refractivity contribution in [3.63, 3.8) is 0 Å². The summed E-state index contributed by atoms with van der Waals surface area (Å²) in [7, 11) is 0. The lowest BCUT2D eigenvalue weighted by Gasteiger charge is -2.23. The molecular formula is C6H7ClN2O2. The summed E-state index contributed by atoms with van der Waals surface area (Å²) in [5.74, 6) is -1.17. The van der Waals surface area contributed by atoms with Crippen LogP contribution in [-0.2, 0) is 4.79 Å². The van der Waals surface area contributed by atoms with Gasteiger partial charge in [0.05, 0.1) is 0 Å². The van der Waals surface area contributed by atoms with E-state index in [-0.39, 0.29) is 0 Å². The van der Waals surface area contributed by atoms with Gasteiger partial charge in [0.1, 0.15) is 0 Å². The SMILES string of the molecule is NC1(C(=O)O)C=C(Cl)C=CN1. The van der Waals surface area contributed by atoms with Gasteiger partial charge in [0.25, 0.3) is 0 Å². The average Bonchev–Trinajstić information content (AvgIpc) is 1.86. The van der Waals surface area contributed by atoms with E-state index in [0.29, 0.717) is 5.03 Å². The Kier molecular flexibility index (Phi) is 1.89. The number of hydrogen-bond donors (Lipinski definition) is 3. The number of halogens is 1. The molecule has 0 amide bonds. The van der Waals surface area contributed by atoms with Crippen molar-refractivity contribution in [1.82, 2.24) is 5.32 Å². The van der Waals surface area contributed by atoms with Gasteiger partial charge in [-0.05, 0) is 12.2 Å². The summed E-state index contributed by atoms with van der Waals surface area (Å²) in [6.45, 7) is 0. The summed E-state index contributed by atoms with van der Waals surface area (Å²) in [6, 6.07) is 0. The minimum absolute atomic E-state index is 0.314. The van der Waals surface area contributed by atoms with Gasteiger partial charge in [-0.3, -0.25) is 5.73 Å². The molecule has 0 bridgehead atoms. The fourth-order valence-corrected chi connectivity index (χ4v) is 0.925. The van der Waals surface area contributed by atoms with E-state index in [9.17, 15) is 4.79 Å². The number of hydrogen-bond acceptors (Lipinski definition) is 3. The molecule has 1 unspecified atom stereocenters. The van der Waals surface area contributed by atoms with Crippen LogP contribution >= 0.6 is 11.6 Å². The van der Waals surface area contributed by atoms with Crippen molar-refractivity contribution in [2.24, 2.45) is 5.73 Å². The molecule has 0 aromatic carbocycles. The molecule has 1 aliphatic rings. The molecule has 0 aliphatic carbocycles. The standard InChI is InChI=1S/C6H7ClN2O2/c7-4-1-2-9-6(8,3-4)5(10)11/h1-3,9H,8H2,(H,10,11). The Labute approximate surface area is 68.3 Å². The second-order valence-corrected chi connectivity index (χ2v) is 2.62. The fourth-order valence-electron chi connectivity index (χ4n) is 0.690. The summed E-state index contributed by atoms with van der Waals surface area (Å²) in [5.41, 5.74) is 3.81. The van der Waals surface area contributed by atoms with Gasteiger partial charge in [0.15, 0.2) is 0 Å². The highest BCUT2D eigenvalue weighted by molar-refractivity contribution is 6.31. The Bertz CT molecular complexity index is 249. The maximum absolute atomic E-state index is 10.5. The zero-order valence-corrected chi connectivity index (χ0v) is 6.30. The van der Waals surface area contributed by atoms with Gasteiger partial charge in [-0.25, -0.2) is 4.79 Å². The van der Waals surface area contributed by atoms with E-state index in [2.05, 4.69) is 5.32 Å². The average molecular weight is 175 g/mol. The monoisotopic (exact) mass is 174 g/mol. The maximum atomic E-state index is 10.5. The van der Waals surface area contributed by atoms with E-state index in [1.54, 1.807) is 0 Å². The molecule has 1 rings (SSSR count). The number of aliphatic carboxylic acids is 1. The van der Waals surface area contributed by atoms with Crippen LogP contribution in [0.25, 0.3) is 0 Å². The minimum atomic E-state index is -1.56. The van der Waals surface area contributed by atoms with Crippen LogP contribution in [0.5, 0.6) is 0 Å². The van der Waals surface area contributed by atoms with Gasteiger partial charge in [-0.15, -0.1) is 0 Å². The Balaban J connectivity index is 2.92. The zero-order valence-electron chi connectivity index (χ0n) is 5.54. The van der Waals surface area contributed by atoms with Crippen molar-refractivity contribution < 1.29 is 9.90 Å². The summed E-state index contributed by atoms with van der Waals surface area (Å²) >= 11 is 5.54. The van der Waals surface area contributed by atoms with Crippen LogP contribution in [0.1, 0.15) is 0 Å². The summed E-state index contributed by atoms with van der Waals surface area (Å²) in [6.07, 6.45) is 4.16. The van der Waals surface area contributed by atoms with Crippen LogP contribution in [0, 0.1) is 0 Å². The van der Waals surface area contributed by atoms with E-state index in [1.807, 2.05) is 0 Å². The molecule has 0 spiro atoms. The second kappa shape index (κ2) is 2.56. The number of nitrogens with one attached hydrogen (secondary N) is 1. The normalized spacial score (nSPS) is 29.1. The maximum Gasteiger partial charge on any atom is 0.348 e. The van der Waals surface area contributed by atoms with Crippen molar-refractivity contribution in [2.45, 2.75) is 5.66 Å². The number of carboxylic acids is 1. The molecule has 0 saturated heterocycles. The number of dihydropyridines is 1. The smallest absolute Gasteiger partial charge is 0.348 e. The van der Waals surface area contributed by atoms with E-state index in [0.717, 1.165) is 0 Å². The number of carboxylic acid groups (broad SMARTS) is 1. The van der Waals surface area contributed by atoms with E-state index >= 15 is 0 Å². The van der Waals surface area contributed by atoms with Crippen molar-refractivity contribution in [2.75, 3.05) is 0 Å². The highest BCUT2D eigenvalue weighted by Gasteiger charge is 2.31. The zero-order chi connectivity index (χ0) is 8.48. The molecule has 4 N–H and O–H groups in total. The van der Waals surface area contributed by atoms with Crippen LogP contribution in [0.2, 0.25) is 0 Å². The Morgan fingerprint density at radius 1 is 1.82 bits per heavy atom. The first-order valence-corrected chi connectivity index (χ1v) is 3.27. The quantitative estimate of drug-likeness (QED) is 0.522. The molecule has 0 radical (unpaired) electrons. The number of carbonyl (C=O) groups is 1. The molecule has 1 heterocycles. The summed E-state index contributed by atoms with van der Waals surface area (Å²) < 4.78 is 0. The van der Waals surface area contributed by atoms with Gasteiger partial charge in [0, 0.05) is 11.2 Å². The molecule has 0 fully saturated rings. The van der Waals surface area contributed by atoms with Crippen molar-refractivity contribution in [3.8, 4) is 0 Å². The number of nitrogens with two attached hydrogens (primary N) is 1. The van der Waals surface area contributed by atoms with Crippen LogP contribution in [0.3, 0.4) is 0 Å². The number of allylic oxidation sites excluding steroid dienone is 2. The Morgan fingerprint density at radius 2 is 2.45 bits per heavy atom. The largest absolute Gasteiger partial charge is 0.478 e. The third kappa shape index (κ3) is 1.53.